The second-order valence-electron chi connectivity index (χ2n) is 6.53. The molecule has 2 fully saturated rings. The number of ether oxygens (including phenoxy) is 1. The minimum absolute atomic E-state index is 0.626. The molecule has 0 bridgehead atoms. The molecule has 4 rings (SSSR count). The largest absolute Gasteiger partial charge is 0.493 e. The fourth-order valence-electron chi connectivity index (χ4n) is 4.20. The standard InChI is InChI=1S/C17H23ClN2O/c18-14-9-12-5-8-21-17(12)13(10-14)11-19-15-4-7-20-6-2-1-3-16(15)20/h9-10,15-16,19H,1-8,11H2. The summed E-state index contributed by atoms with van der Waals surface area (Å²) >= 11 is 6.24. The molecule has 114 valence electrons. The second kappa shape index (κ2) is 5.79. The predicted octanol–water partition coefficient (Wildman–Crippen LogP) is 2.99. The highest BCUT2D eigenvalue weighted by Gasteiger charge is 2.35. The van der Waals surface area contributed by atoms with Gasteiger partial charge in [0, 0.05) is 42.2 Å². The van der Waals surface area contributed by atoms with Crippen LogP contribution in [0.15, 0.2) is 12.1 Å². The predicted molar refractivity (Wildman–Crippen MR) is 85.1 cm³/mol. The van der Waals surface area contributed by atoms with Crippen LogP contribution in [-0.4, -0.2) is 36.7 Å². The molecule has 0 radical (unpaired) electrons. The molecular formula is C17H23ClN2O. The Morgan fingerprint density at radius 3 is 3.14 bits per heavy atom. The third kappa shape index (κ3) is 2.67. The molecule has 0 spiro atoms. The Morgan fingerprint density at radius 1 is 1.24 bits per heavy atom. The van der Waals surface area contributed by atoms with E-state index in [-0.39, 0.29) is 0 Å². The molecule has 0 saturated carbocycles. The summed E-state index contributed by atoms with van der Waals surface area (Å²) in [7, 11) is 0. The highest BCUT2D eigenvalue weighted by atomic mass is 35.5. The summed E-state index contributed by atoms with van der Waals surface area (Å²) in [6.45, 7) is 4.21. The quantitative estimate of drug-likeness (QED) is 0.929. The molecule has 0 aliphatic carbocycles. The van der Waals surface area contributed by atoms with Crippen LogP contribution in [-0.2, 0) is 13.0 Å². The first-order valence-corrected chi connectivity index (χ1v) is 8.60. The van der Waals surface area contributed by atoms with Crippen molar-refractivity contribution in [3.63, 3.8) is 0 Å². The van der Waals surface area contributed by atoms with Gasteiger partial charge in [-0.05, 0) is 43.5 Å². The molecule has 4 heteroatoms. The highest BCUT2D eigenvalue weighted by Crippen LogP contribution is 2.33. The maximum absolute atomic E-state index is 6.24. The molecule has 0 amide bonds. The average molecular weight is 307 g/mol. The SMILES string of the molecule is Clc1cc2c(c(CNC3CCN4CCCCC34)c1)OCC2. The van der Waals surface area contributed by atoms with E-state index in [1.54, 1.807) is 0 Å². The van der Waals surface area contributed by atoms with Gasteiger partial charge in [0.15, 0.2) is 0 Å². The molecule has 2 unspecified atom stereocenters. The summed E-state index contributed by atoms with van der Waals surface area (Å²) in [5, 5.41) is 4.61. The van der Waals surface area contributed by atoms with Crippen LogP contribution in [0.2, 0.25) is 5.02 Å². The number of hydrogen-bond donors (Lipinski definition) is 1. The van der Waals surface area contributed by atoms with E-state index in [2.05, 4.69) is 16.3 Å². The van der Waals surface area contributed by atoms with E-state index in [1.165, 1.54) is 49.9 Å². The third-order valence-corrected chi connectivity index (χ3v) is 5.45. The molecule has 3 aliphatic heterocycles. The molecule has 1 aromatic rings. The normalized spacial score (nSPS) is 28.2. The number of piperidine rings is 1. The molecule has 2 atom stereocenters. The van der Waals surface area contributed by atoms with Crippen LogP contribution >= 0.6 is 11.6 Å². The summed E-state index contributed by atoms with van der Waals surface area (Å²) in [5.41, 5.74) is 2.49. The summed E-state index contributed by atoms with van der Waals surface area (Å²) in [6, 6.07) is 5.48. The lowest BCUT2D eigenvalue weighted by atomic mass is 9.98. The van der Waals surface area contributed by atoms with Crippen molar-refractivity contribution in [2.45, 2.75) is 50.7 Å². The molecule has 1 aromatic carbocycles. The van der Waals surface area contributed by atoms with Gasteiger partial charge in [-0.2, -0.15) is 0 Å². The van der Waals surface area contributed by atoms with Gasteiger partial charge in [-0.1, -0.05) is 18.0 Å². The van der Waals surface area contributed by atoms with Crippen molar-refractivity contribution in [1.82, 2.24) is 10.2 Å². The van der Waals surface area contributed by atoms with E-state index < -0.39 is 0 Å². The number of rotatable bonds is 3. The summed E-state index contributed by atoms with van der Waals surface area (Å²) in [4.78, 5) is 2.67. The average Bonchev–Trinajstić information content (AvgIpc) is 3.11. The van der Waals surface area contributed by atoms with E-state index in [0.29, 0.717) is 6.04 Å². The zero-order chi connectivity index (χ0) is 14.2. The molecule has 21 heavy (non-hydrogen) atoms. The van der Waals surface area contributed by atoms with Crippen LogP contribution in [0, 0.1) is 0 Å². The minimum Gasteiger partial charge on any atom is -0.493 e. The molecule has 3 aliphatic rings. The first kappa shape index (κ1) is 13.9. The second-order valence-corrected chi connectivity index (χ2v) is 6.96. The van der Waals surface area contributed by atoms with Crippen molar-refractivity contribution in [2.24, 2.45) is 0 Å². The van der Waals surface area contributed by atoms with Gasteiger partial charge in [0.1, 0.15) is 5.75 Å². The summed E-state index contributed by atoms with van der Waals surface area (Å²) in [5.74, 6) is 1.07. The first-order valence-electron chi connectivity index (χ1n) is 8.23. The fourth-order valence-corrected chi connectivity index (χ4v) is 4.47. The monoisotopic (exact) mass is 306 g/mol. The van der Waals surface area contributed by atoms with Crippen molar-refractivity contribution >= 4 is 11.6 Å². The van der Waals surface area contributed by atoms with Gasteiger partial charge in [0.2, 0.25) is 0 Å². The van der Waals surface area contributed by atoms with Crippen molar-refractivity contribution in [1.29, 1.82) is 0 Å². The maximum Gasteiger partial charge on any atom is 0.127 e. The van der Waals surface area contributed by atoms with Gasteiger partial charge in [0.05, 0.1) is 6.61 Å². The van der Waals surface area contributed by atoms with E-state index in [9.17, 15) is 0 Å². The van der Waals surface area contributed by atoms with Gasteiger partial charge in [-0.25, -0.2) is 0 Å². The zero-order valence-electron chi connectivity index (χ0n) is 12.4. The van der Waals surface area contributed by atoms with Crippen LogP contribution < -0.4 is 10.1 Å². The Morgan fingerprint density at radius 2 is 2.19 bits per heavy atom. The minimum atomic E-state index is 0.626. The van der Waals surface area contributed by atoms with Crippen molar-refractivity contribution in [2.75, 3.05) is 19.7 Å². The van der Waals surface area contributed by atoms with Gasteiger partial charge in [-0.15, -0.1) is 0 Å². The third-order valence-electron chi connectivity index (χ3n) is 5.24. The summed E-state index contributed by atoms with van der Waals surface area (Å²) in [6.07, 6.45) is 6.37. The Hall–Kier alpha value is -0.770. The number of nitrogens with one attached hydrogen (secondary N) is 1. The lowest BCUT2D eigenvalue weighted by Crippen LogP contribution is -2.44. The smallest absolute Gasteiger partial charge is 0.127 e. The molecular weight excluding hydrogens is 284 g/mol. The highest BCUT2D eigenvalue weighted by molar-refractivity contribution is 6.30. The van der Waals surface area contributed by atoms with Gasteiger partial charge < -0.3 is 10.1 Å². The van der Waals surface area contributed by atoms with Gasteiger partial charge in [-0.3, -0.25) is 4.90 Å². The van der Waals surface area contributed by atoms with E-state index in [4.69, 9.17) is 16.3 Å². The fraction of sp³-hybridized carbons (Fsp3) is 0.647. The van der Waals surface area contributed by atoms with E-state index in [1.807, 2.05) is 6.07 Å². The number of fused-ring (bicyclic) bond motifs is 2. The van der Waals surface area contributed by atoms with Crippen LogP contribution in [0.4, 0.5) is 0 Å². The summed E-state index contributed by atoms with van der Waals surface area (Å²) < 4.78 is 5.80. The Labute approximate surface area is 131 Å². The van der Waals surface area contributed by atoms with Crippen molar-refractivity contribution in [3.8, 4) is 5.75 Å². The molecule has 1 N–H and O–H groups in total. The number of halogens is 1. The molecule has 3 nitrogen and oxygen atoms in total. The van der Waals surface area contributed by atoms with Gasteiger partial charge >= 0.3 is 0 Å². The number of benzene rings is 1. The molecule has 3 heterocycles. The zero-order valence-corrected chi connectivity index (χ0v) is 13.2. The first-order chi connectivity index (χ1) is 10.3. The maximum atomic E-state index is 6.24. The molecule has 0 aromatic heterocycles. The Bertz CT molecular complexity index is 534. The number of hydrogen-bond acceptors (Lipinski definition) is 3. The topological polar surface area (TPSA) is 24.5 Å². The lowest BCUT2D eigenvalue weighted by Gasteiger charge is -2.32. The van der Waals surface area contributed by atoms with Crippen molar-refractivity contribution < 1.29 is 4.74 Å². The van der Waals surface area contributed by atoms with E-state index >= 15 is 0 Å². The van der Waals surface area contributed by atoms with Crippen LogP contribution in [0.1, 0.15) is 36.8 Å². The van der Waals surface area contributed by atoms with Crippen LogP contribution in [0.25, 0.3) is 0 Å². The Balaban J connectivity index is 1.45. The Kier molecular flexibility index (Phi) is 3.82. The lowest BCUT2D eigenvalue weighted by molar-refractivity contribution is 0.180. The van der Waals surface area contributed by atoms with Crippen LogP contribution in [0.3, 0.4) is 0 Å². The van der Waals surface area contributed by atoms with Gasteiger partial charge in [0.25, 0.3) is 0 Å². The number of nitrogens with zero attached hydrogens (tertiary/aromatic N) is 1. The molecule has 2 saturated heterocycles. The van der Waals surface area contributed by atoms with E-state index in [0.717, 1.165) is 36.4 Å². The van der Waals surface area contributed by atoms with Crippen molar-refractivity contribution in [3.05, 3.63) is 28.3 Å². The van der Waals surface area contributed by atoms with Crippen LogP contribution in [0.5, 0.6) is 5.75 Å².